The molecule has 0 saturated heterocycles. The standard InChI is InChI=1S/C11H12N2O4S/c1-2-3-6-13-10-5-4-8(18(12,16)17)7-9(10)11(14)15/h4-5,7,13H,6H2,1H3,(H,14,15)(H2,12,16,17). The van der Waals surface area contributed by atoms with E-state index in [2.05, 4.69) is 17.2 Å². The van der Waals surface area contributed by atoms with Gasteiger partial charge in [-0.25, -0.2) is 18.4 Å². The van der Waals surface area contributed by atoms with Gasteiger partial charge in [0, 0.05) is 5.69 Å². The Morgan fingerprint density at radius 1 is 1.50 bits per heavy atom. The van der Waals surface area contributed by atoms with Crippen molar-refractivity contribution in [3.05, 3.63) is 23.8 Å². The van der Waals surface area contributed by atoms with Gasteiger partial charge >= 0.3 is 5.97 Å². The van der Waals surface area contributed by atoms with Crippen molar-refractivity contribution >= 4 is 21.7 Å². The zero-order chi connectivity index (χ0) is 13.8. The maximum Gasteiger partial charge on any atom is 0.337 e. The molecule has 0 saturated carbocycles. The zero-order valence-corrected chi connectivity index (χ0v) is 10.4. The van der Waals surface area contributed by atoms with Crippen molar-refractivity contribution in [2.75, 3.05) is 11.9 Å². The molecule has 0 unspecified atom stereocenters. The molecular formula is C11H12N2O4S. The molecule has 0 bridgehead atoms. The average Bonchev–Trinajstić information content (AvgIpc) is 2.28. The van der Waals surface area contributed by atoms with Crippen LogP contribution in [-0.4, -0.2) is 26.0 Å². The molecule has 0 amide bonds. The highest BCUT2D eigenvalue weighted by molar-refractivity contribution is 7.89. The van der Waals surface area contributed by atoms with Crippen LogP contribution in [0, 0.1) is 11.8 Å². The second-order valence-corrected chi connectivity index (χ2v) is 4.90. The van der Waals surface area contributed by atoms with E-state index in [1.807, 2.05) is 0 Å². The van der Waals surface area contributed by atoms with Gasteiger partial charge in [-0.05, 0) is 25.1 Å². The minimum atomic E-state index is -3.92. The summed E-state index contributed by atoms with van der Waals surface area (Å²) < 4.78 is 22.2. The number of nitrogens with one attached hydrogen (secondary N) is 1. The molecular weight excluding hydrogens is 256 g/mol. The van der Waals surface area contributed by atoms with Crippen LogP contribution in [0.1, 0.15) is 17.3 Å². The lowest BCUT2D eigenvalue weighted by Crippen LogP contribution is -2.14. The summed E-state index contributed by atoms with van der Waals surface area (Å²) in [7, 11) is -3.92. The molecule has 7 heteroatoms. The minimum absolute atomic E-state index is 0.167. The van der Waals surface area contributed by atoms with E-state index in [0.717, 1.165) is 6.07 Å². The van der Waals surface area contributed by atoms with Gasteiger partial charge < -0.3 is 10.4 Å². The Morgan fingerprint density at radius 3 is 2.67 bits per heavy atom. The van der Waals surface area contributed by atoms with Crippen LogP contribution >= 0.6 is 0 Å². The molecule has 1 rings (SSSR count). The second-order valence-electron chi connectivity index (χ2n) is 3.34. The van der Waals surface area contributed by atoms with Gasteiger partial charge in [-0.3, -0.25) is 0 Å². The van der Waals surface area contributed by atoms with Crippen LogP contribution in [-0.2, 0) is 10.0 Å². The predicted octanol–water partition coefficient (Wildman–Crippen LogP) is 0.467. The summed E-state index contributed by atoms with van der Waals surface area (Å²) >= 11 is 0. The van der Waals surface area contributed by atoms with Crippen LogP contribution in [0.25, 0.3) is 0 Å². The number of benzene rings is 1. The first-order valence-electron chi connectivity index (χ1n) is 4.90. The van der Waals surface area contributed by atoms with Crippen molar-refractivity contribution in [1.29, 1.82) is 0 Å². The number of aromatic carboxylic acids is 1. The Labute approximate surface area is 105 Å². The predicted molar refractivity (Wildman–Crippen MR) is 66.7 cm³/mol. The number of carboxylic acids is 1. The van der Waals surface area contributed by atoms with E-state index in [1.165, 1.54) is 12.1 Å². The quantitative estimate of drug-likeness (QED) is 0.687. The summed E-state index contributed by atoms with van der Waals surface area (Å²) in [5.74, 6) is 4.11. The van der Waals surface area contributed by atoms with E-state index in [4.69, 9.17) is 10.2 Å². The summed E-state index contributed by atoms with van der Waals surface area (Å²) in [5, 5.41) is 16.7. The molecule has 0 fully saturated rings. The number of rotatable bonds is 4. The van der Waals surface area contributed by atoms with Gasteiger partial charge in [0.1, 0.15) is 0 Å². The molecule has 1 aromatic rings. The monoisotopic (exact) mass is 268 g/mol. The maximum atomic E-state index is 11.1. The number of carbonyl (C=O) groups is 1. The number of carboxylic acid groups (broad SMARTS) is 1. The summed E-state index contributed by atoms with van der Waals surface area (Å²) in [5.41, 5.74) is 0.122. The Morgan fingerprint density at radius 2 is 2.17 bits per heavy atom. The fourth-order valence-corrected chi connectivity index (χ4v) is 1.80. The van der Waals surface area contributed by atoms with Crippen LogP contribution in [0.15, 0.2) is 23.1 Å². The third-order valence-electron chi connectivity index (χ3n) is 2.09. The number of primary sulfonamides is 1. The molecule has 0 heterocycles. The van der Waals surface area contributed by atoms with E-state index in [1.54, 1.807) is 6.92 Å². The molecule has 0 atom stereocenters. The fourth-order valence-electron chi connectivity index (χ4n) is 1.26. The van der Waals surface area contributed by atoms with Crippen molar-refractivity contribution in [1.82, 2.24) is 0 Å². The lowest BCUT2D eigenvalue weighted by Gasteiger charge is -2.08. The van der Waals surface area contributed by atoms with E-state index in [-0.39, 0.29) is 22.7 Å². The van der Waals surface area contributed by atoms with Crippen LogP contribution in [0.2, 0.25) is 0 Å². The van der Waals surface area contributed by atoms with Crippen molar-refractivity contribution < 1.29 is 18.3 Å². The van der Waals surface area contributed by atoms with Gasteiger partial charge in [0.05, 0.1) is 17.0 Å². The highest BCUT2D eigenvalue weighted by Crippen LogP contribution is 2.19. The normalized spacial score (nSPS) is 10.3. The molecule has 18 heavy (non-hydrogen) atoms. The van der Waals surface area contributed by atoms with Gasteiger partial charge in [-0.1, -0.05) is 5.92 Å². The lowest BCUT2D eigenvalue weighted by molar-refractivity contribution is 0.0697. The van der Waals surface area contributed by atoms with Crippen molar-refractivity contribution in [3.63, 3.8) is 0 Å². The number of sulfonamides is 1. The smallest absolute Gasteiger partial charge is 0.337 e. The topological polar surface area (TPSA) is 109 Å². The van der Waals surface area contributed by atoms with Crippen LogP contribution in [0.3, 0.4) is 0 Å². The van der Waals surface area contributed by atoms with E-state index in [0.29, 0.717) is 0 Å². The van der Waals surface area contributed by atoms with Crippen LogP contribution < -0.4 is 10.5 Å². The highest BCUT2D eigenvalue weighted by atomic mass is 32.2. The van der Waals surface area contributed by atoms with Crippen LogP contribution in [0.5, 0.6) is 0 Å². The van der Waals surface area contributed by atoms with E-state index < -0.39 is 16.0 Å². The second kappa shape index (κ2) is 5.53. The maximum absolute atomic E-state index is 11.1. The van der Waals surface area contributed by atoms with E-state index in [9.17, 15) is 13.2 Å². The Kier molecular flexibility index (Phi) is 4.31. The molecule has 0 aromatic heterocycles. The largest absolute Gasteiger partial charge is 0.478 e. The van der Waals surface area contributed by atoms with Gasteiger partial charge in [0.2, 0.25) is 10.0 Å². The van der Waals surface area contributed by atoms with Gasteiger partial charge in [0.15, 0.2) is 0 Å². The summed E-state index contributed by atoms with van der Waals surface area (Å²) in [6.07, 6.45) is 0. The third kappa shape index (κ3) is 3.48. The minimum Gasteiger partial charge on any atom is -0.478 e. The number of anilines is 1. The van der Waals surface area contributed by atoms with Crippen molar-refractivity contribution in [3.8, 4) is 11.8 Å². The lowest BCUT2D eigenvalue weighted by atomic mass is 10.2. The third-order valence-corrected chi connectivity index (χ3v) is 3.00. The zero-order valence-electron chi connectivity index (χ0n) is 9.60. The summed E-state index contributed by atoms with van der Waals surface area (Å²) in [6, 6.07) is 3.60. The summed E-state index contributed by atoms with van der Waals surface area (Å²) in [4.78, 5) is 10.8. The molecule has 0 radical (unpaired) electrons. The van der Waals surface area contributed by atoms with Crippen LogP contribution in [0.4, 0.5) is 5.69 Å². The van der Waals surface area contributed by atoms with Crippen molar-refractivity contribution in [2.45, 2.75) is 11.8 Å². The number of hydrogen-bond donors (Lipinski definition) is 3. The SMILES string of the molecule is CC#CCNc1ccc(S(N)(=O)=O)cc1C(=O)O. The molecule has 0 aliphatic heterocycles. The van der Waals surface area contributed by atoms with Gasteiger partial charge in [0.25, 0.3) is 0 Å². The molecule has 0 aliphatic rings. The van der Waals surface area contributed by atoms with Gasteiger partial charge in [-0.2, -0.15) is 0 Å². The highest BCUT2D eigenvalue weighted by Gasteiger charge is 2.15. The fraction of sp³-hybridized carbons (Fsp3) is 0.182. The number of hydrogen-bond acceptors (Lipinski definition) is 4. The molecule has 0 aliphatic carbocycles. The number of nitrogens with two attached hydrogens (primary N) is 1. The first kappa shape index (κ1) is 14.0. The Hall–Kier alpha value is -2.04. The Bertz CT molecular complexity index is 626. The Balaban J connectivity index is 3.19. The molecule has 4 N–H and O–H groups in total. The first-order valence-corrected chi connectivity index (χ1v) is 6.44. The van der Waals surface area contributed by atoms with Crippen molar-refractivity contribution in [2.24, 2.45) is 5.14 Å². The molecule has 0 spiro atoms. The average molecular weight is 268 g/mol. The molecule has 6 nitrogen and oxygen atoms in total. The van der Waals surface area contributed by atoms with E-state index >= 15 is 0 Å². The first-order chi connectivity index (χ1) is 8.36. The molecule has 96 valence electrons. The molecule has 1 aromatic carbocycles. The summed E-state index contributed by atoms with van der Waals surface area (Å²) in [6.45, 7) is 1.93. The van der Waals surface area contributed by atoms with Gasteiger partial charge in [-0.15, -0.1) is 5.92 Å².